The van der Waals surface area contributed by atoms with Gasteiger partial charge in [0.25, 0.3) is 5.56 Å². The molecule has 4 rings (SSSR count). The summed E-state index contributed by atoms with van der Waals surface area (Å²) in [4.78, 5) is 28.7. The van der Waals surface area contributed by atoms with Crippen LogP contribution in [0.15, 0.2) is 41.3 Å². The summed E-state index contributed by atoms with van der Waals surface area (Å²) in [6.07, 6.45) is 8.71. The van der Waals surface area contributed by atoms with Gasteiger partial charge in [0, 0.05) is 24.8 Å². The van der Waals surface area contributed by atoms with Crippen molar-refractivity contribution in [1.29, 1.82) is 0 Å². The fraction of sp³-hybridized carbons (Fsp3) is 0.500. The molecule has 0 aliphatic carbocycles. The van der Waals surface area contributed by atoms with Crippen molar-refractivity contribution in [2.45, 2.75) is 71.0 Å². The molecule has 1 aliphatic heterocycles. The lowest BCUT2D eigenvalue weighted by molar-refractivity contribution is 0.101. The molecule has 2 atom stereocenters. The van der Waals surface area contributed by atoms with E-state index < -0.39 is 0 Å². The number of unbranched alkanes of at least 4 members (excludes halogenated alkanes) is 2. The molecule has 164 valence electrons. The molecule has 0 saturated carbocycles. The Morgan fingerprint density at radius 1 is 1.00 bits per heavy atom. The van der Waals surface area contributed by atoms with E-state index in [-0.39, 0.29) is 11.5 Å². The van der Waals surface area contributed by atoms with E-state index in [9.17, 15) is 4.79 Å². The molecule has 2 N–H and O–H groups in total. The third-order valence-corrected chi connectivity index (χ3v) is 6.44. The van der Waals surface area contributed by atoms with Crippen molar-refractivity contribution in [1.82, 2.24) is 24.4 Å². The monoisotopic (exact) mass is 420 g/mol. The number of aryl methyl sites for hydroxylation is 1. The molecule has 31 heavy (non-hydrogen) atoms. The van der Waals surface area contributed by atoms with Crippen LogP contribution in [0.2, 0.25) is 0 Å². The Kier molecular flexibility index (Phi) is 6.61. The molecular weight excluding hydrogens is 388 g/mol. The van der Waals surface area contributed by atoms with E-state index in [1.807, 2.05) is 28.8 Å². The molecule has 7 nitrogen and oxygen atoms in total. The average Bonchev–Trinajstić information content (AvgIpc) is 2.76. The zero-order valence-corrected chi connectivity index (χ0v) is 18.5. The van der Waals surface area contributed by atoms with E-state index in [4.69, 9.17) is 5.73 Å². The minimum atomic E-state index is -0.130. The van der Waals surface area contributed by atoms with Gasteiger partial charge in [0.05, 0.1) is 16.7 Å². The van der Waals surface area contributed by atoms with Crippen LogP contribution in [0.3, 0.4) is 0 Å². The molecule has 3 heterocycles. The third kappa shape index (κ3) is 4.77. The summed E-state index contributed by atoms with van der Waals surface area (Å²) in [6, 6.07) is 10.8. The van der Waals surface area contributed by atoms with Gasteiger partial charge in [0.15, 0.2) is 5.69 Å². The van der Waals surface area contributed by atoms with Gasteiger partial charge < -0.3 is 10.3 Å². The van der Waals surface area contributed by atoms with Crippen LogP contribution in [0.1, 0.15) is 52.4 Å². The van der Waals surface area contributed by atoms with Crippen molar-refractivity contribution in [3.8, 4) is 11.4 Å². The molecule has 1 saturated heterocycles. The number of nitrogens with zero attached hydrogens (tertiary/aromatic N) is 5. The average molecular weight is 421 g/mol. The van der Waals surface area contributed by atoms with Crippen LogP contribution in [0.25, 0.3) is 22.4 Å². The fourth-order valence-corrected chi connectivity index (χ4v) is 4.74. The van der Waals surface area contributed by atoms with Gasteiger partial charge in [-0.05, 0) is 64.3 Å². The number of hydrogen-bond donors (Lipinski definition) is 1. The number of hydrogen-bond acceptors (Lipinski definition) is 6. The number of fused-ring (bicyclic) bond motifs is 1. The minimum absolute atomic E-state index is 0.130. The van der Waals surface area contributed by atoms with Gasteiger partial charge in [0.1, 0.15) is 0 Å². The molecule has 7 heteroatoms. The summed E-state index contributed by atoms with van der Waals surface area (Å²) in [5.74, 6) is 0.138. The maximum atomic E-state index is 13.3. The standard InChI is InChI=1S/C24H32N6O/c1-17-9-8-10-18(2)29(17)15-6-3-7-16-30-21-12-5-4-11-19(21)27-22(23(30)31)20-13-14-26-24(25)28-20/h4-5,11-14,17-18H,3,6-10,15-16H2,1-2H3,(H2,25,26,28)/t17-,18+. The summed E-state index contributed by atoms with van der Waals surface area (Å²) in [5.41, 5.74) is 8.03. The summed E-state index contributed by atoms with van der Waals surface area (Å²) >= 11 is 0. The van der Waals surface area contributed by atoms with Crippen LogP contribution >= 0.6 is 0 Å². The molecule has 1 aromatic carbocycles. The number of aromatic nitrogens is 4. The van der Waals surface area contributed by atoms with Gasteiger partial charge in [0.2, 0.25) is 5.95 Å². The second-order valence-electron chi connectivity index (χ2n) is 8.63. The van der Waals surface area contributed by atoms with Crippen LogP contribution in [-0.2, 0) is 6.54 Å². The Bertz CT molecular complexity index is 1080. The Hall–Kier alpha value is -2.80. The largest absolute Gasteiger partial charge is 0.368 e. The summed E-state index contributed by atoms with van der Waals surface area (Å²) in [6.45, 7) is 6.50. The molecule has 2 aromatic heterocycles. The topological polar surface area (TPSA) is 89.9 Å². The van der Waals surface area contributed by atoms with Crippen molar-refractivity contribution >= 4 is 17.0 Å². The Morgan fingerprint density at radius 2 is 1.74 bits per heavy atom. The van der Waals surface area contributed by atoms with Gasteiger partial charge in [-0.3, -0.25) is 9.69 Å². The van der Waals surface area contributed by atoms with Crippen LogP contribution in [0.5, 0.6) is 0 Å². The fourth-order valence-electron chi connectivity index (χ4n) is 4.74. The van der Waals surface area contributed by atoms with E-state index in [1.165, 1.54) is 19.3 Å². The predicted octanol–water partition coefficient (Wildman–Crippen LogP) is 3.87. The number of benzene rings is 1. The van der Waals surface area contributed by atoms with Gasteiger partial charge in [-0.25, -0.2) is 15.0 Å². The molecule has 3 aromatic rings. The van der Waals surface area contributed by atoms with Crippen molar-refractivity contribution < 1.29 is 0 Å². The first kappa shape index (κ1) is 21.4. The molecule has 0 unspecified atom stereocenters. The number of likely N-dealkylation sites (tertiary alicyclic amines) is 1. The molecule has 0 amide bonds. The predicted molar refractivity (Wildman–Crippen MR) is 125 cm³/mol. The van der Waals surface area contributed by atoms with Crippen molar-refractivity contribution in [2.75, 3.05) is 12.3 Å². The van der Waals surface area contributed by atoms with Gasteiger partial charge in [-0.15, -0.1) is 0 Å². The first-order valence-corrected chi connectivity index (χ1v) is 11.4. The highest BCUT2D eigenvalue weighted by Crippen LogP contribution is 2.23. The molecule has 1 fully saturated rings. The molecule has 0 spiro atoms. The van der Waals surface area contributed by atoms with Crippen LogP contribution < -0.4 is 11.3 Å². The Balaban J connectivity index is 1.49. The van der Waals surface area contributed by atoms with Gasteiger partial charge in [-0.1, -0.05) is 25.0 Å². The maximum Gasteiger partial charge on any atom is 0.279 e. The minimum Gasteiger partial charge on any atom is -0.368 e. The second kappa shape index (κ2) is 9.56. The first-order valence-electron chi connectivity index (χ1n) is 11.4. The smallest absolute Gasteiger partial charge is 0.279 e. The number of piperidine rings is 1. The van der Waals surface area contributed by atoms with E-state index >= 15 is 0 Å². The lowest BCUT2D eigenvalue weighted by Crippen LogP contribution is -2.44. The van der Waals surface area contributed by atoms with E-state index in [0.717, 1.165) is 36.8 Å². The maximum absolute atomic E-state index is 13.3. The number of nitrogen functional groups attached to an aromatic ring is 1. The van der Waals surface area contributed by atoms with Gasteiger partial charge >= 0.3 is 0 Å². The highest BCUT2D eigenvalue weighted by atomic mass is 16.1. The molecular formula is C24H32N6O. The normalized spacial score (nSPS) is 19.7. The van der Waals surface area contributed by atoms with Crippen LogP contribution in [-0.4, -0.2) is 43.0 Å². The zero-order valence-electron chi connectivity index (χ0n) is 18.5. The third-order valence-electron chi connectivity index (χ3n) is 6.44. The van der Waals surface area contributed by atoms with E-state index in [0.29, 0.717) is 30.0 Å². The lowest BCUT2D eigenvalue weighted by Gasteiger charge is -2.39. The van der Waals surface area contributed by atoms with Crippen molar-refractivity contribution in [3.63, 3.8) is 0 Å². The molecule has 1 aliphatic rings. The summed E-state index contributed by atoms with van der Waals surface area (Å²) in [5, 5.41) is 0. The number of nitrogens with two attached hydrogens (primary N) is 1. The molecule has 0 radical (unpaired) electrons. The van der Waals surface area contributed by atoms with Gasteiger partial charge in [-0.2, -0.15) is 0 Å². The van der Waals surface area contributed by atoms with Crippen molar-refractivity contribution in [3.05, 3.63) is 46.9 Å². The number of rotatable bonds is 7. The van der Waals surface area contributed by atoms with E-state index in [2.05, 4.69) is 33.7 Å². The van der Waals surface area contributed by atoms with Crippen LogP contribution in [0, 0.1) is 0 Å². The highest BCUT2D eigenvalue weighted by molar-refractivity contribution is 5.77. The van der Waals surface area contributed by atoms with Crippen molar-refractivity contribution in [2.24, 2.45) is 0 Å². The lowest BCUT2D eigenvalue weighted by atomic mass is 9.97. The SMILES string of the molecule is C[C@@H]1CCC[C@H](C)N1CCCCCn1c(=O)c(-c2ccnc(N)n2)nc2ccccc21. The number of anilines is 1. The van der Waals surface area contributed by atoms with E-state index in [1.54, 1.807) is 12.3 Å². The quantitative estimate of drug-likeness (QED) is 0.584. The highest BCUT2D eigenvalue weighted by Gasteiger charge is 2.23. The number of para-hydroxylation sites is 2. The van der Waals surface area contributed by atoms with Crippen LogP contribution in [0.4, 0.5) is 5.95 Å². The summed E-state index contributed by atoms with van der Waals surface area (Å²) < 4.78 is 1.84. The zero-order chi connectivity index (χ0) is 21.8. The molecule has 0 bridgehead atoms. The Labute approximate surface area is 183 Å². The Morgan fingerprint density at radius 3 is 2.52 bits per heavy atom. The first-order chi connectivity index (χ1) is 15.0. The second-order valence-corrected chi connectivity index (χ2v) is 8.63. The summed E-state index contributed by atoms with van der Waals surface area (Å²) in [7, 11) is 0.